The van der Waals surface area contributed by atoms with Crippen LogP contribution in [0, 0.1) is 5.41 Å². The third-order valence-corrected chi connectivity index (χ3v) is 2.99. The van der Waals surface area contributed by atoms with E-state index in [-0.39, 0.29) is 12.1 Å². The highest BCUT2D eigenvalue weighted by molar-refractivity contribution is 5.82. The lowest BCUT2D eigenvalue weighted by atomic mass is 9.87. The van der Waals surface area contributed by atoms with E-state index in [1.807, 2.05) is 0 Å². The molecule has 1 atom stereocenters. The third kappa shape index (κ3) is 4.23. The zero-order valence-corrected chi connectivity index (χ0v) is 11.7. The third-order valence-electron chi connectivity index (χ3n) is 2.99. The molecule has 0 aromatic heterocycles. The number of halogens is 3. The van der Waals surface area contributed by atoms with Crippen LogP contribution in [0.25, 0.3) is 0 Å². The lowest BCUT2D eigenvalue weighted by Gasteiger charge is -2.26. The lowest BCUT2D eigenvalue weighted by molar-refractivity contribution is -0.138. The van der Waals surface area contributed by atoms with Crippen LogP contribution in [0.2, 0.25) is 0 Å². The molecule has 0 aliphatic rings. The van der Waals surface area contributed by atoms with Crippen molar-refractivity contribution in [2.45, 2.75) is 39.5 Å². The topological polar surface area (TPSA) is 55.1 Å². The van der Waals surface area contributed by atoms with Gasteiger partial charge in [-0.3, -0.25) is 4.79 Å². The zero-order valence-electron chi connectivity index (χ0n) is 11.7. The maximum Gasteiger partial charge on any atom is 0.416 e. The van der Waals surface area contributed by atoms with Crippen molar-refractivity contribution in [3.05, 3.63) is 35.4 Å². The molecule has 1 aromatic rings. The van der Waals surface area contributed by atoms with E-state index in [0.29, 0.717) is 0 Å². The second kappa shape index (κ2) is 5.83. The maximum atomic E-state index is 12.8. The molecular weight excluding hydrogens is 269 g/mol. The predicted molar refractivity (Wildman–Crippen MR) is 70.7 cm³/mol. The van der Waals surface area contributed by atoms with Crippen LogP contribution < -0.4 is 11.1 Å². The first-order chi connectivity index (χ1) is 9.03. The molecule has 1 aromatic carbocycles. The van der Waals surface area contributed by atoms with Crippen molar-refractivity contribution >= 4 is 5.91 Å². The molecule has 3 nitrogen and oxygen atoms in total. The van der Waals surface area contributed by atoms with Crippen LogP contribution in [-0.2, 0) is 17.5 Å². The van der Waals surface area contributed by atoms with Gasteiger partial charge in [0.05, 0.1) is 11.6 Å². The average molecular weight is 288 g/mol. The SMILES string of the molecule is CC(C)(C)C(N)C(=O)NCc1ccccc1C(F)(F)F. The molecular formula is C14H19F3N2O. The highest BCUT2D eigenvalue weighted by atomic mass is 19.4. The van der Waals surface area contributed by atoms with Gasteiger partial charge >= 0.3 is 6.18 Å². The summed E-state index contributed by atoms with van der Waals surface area (Å²) in [6.45, 7) is 5.18. The fourth-order valence-electron chi connectivity index (χ4n) is 1.64. The normalized spacial score (nSPS) is 13.9. The number of hydrogen-bond donors (Lipinski definition) is 2. The summed E-state index contributed by atoms with van der Waals surface area (Å²) >= 11 is 0. The number of nitrogens with one attached hydrogen (secondary N) is 1. The van der Waals surface area contributed by atoms with Crippen LogP contribution in [-0.4, -0.2) is 11.9 Å². The monoisotopic (exact) mass is 288 g/mol. The Balaban J connectivity index is 2.79. The molecule has 112 valence electrons. The van der Waals surface area contributed by atoms with Crippen LogP contribution in [0.1, 0.15) is 31.9 Å². The maximum absolute atomic E-state index is 12.8. The van der Waals surface area contributed by atoms with E-state index in [1.165, 1.54) is 18.2 Å². The Hall–Kier alpha value is -1.56. The quantitative estimate of drug-likeness (QED) is 0.898. The first kappa shape index (κ1) is 16.5. The zero-order chi connectivity index (χ0) is 15.6. The van der Waals surface area contributed by atoms with Crippen molar-refractivity contribution in [1.82, 2.24) is 5.32 Å². The molecule has 0 saturated heterocycles. The molecule has 0 aliphatic carbocycles. The molecule has 20 heavy (non-hydrogen) atoms. The summed E-state index contributed by atoms with van der Waals surface area (Å²) in [6.07, 6.45) is -4.44. The Labute approximate surface area is 116 Å². The van der Waals surface area contributed by atoms with Crippen LogP contribution in [0.15, 0.2) is 24.3 Å². The van der Waals surface area contributed by atoms with E-state index >= 15 is 0 Å². The minimum Gasteiger partial charge on any atom is -0.351 e. The van der Waals surface area contributed by atoms with Crippen LogP contribution in [0.3, 0.4) is 0 Å². The van der Waals surface area contributed by atoms with Gasteiger partial charge in [-0.05, 0) is 17.0 Å². The number of hydrogen-bond acceptors (Lipinski definition) is 2. The summed E-state index contributed by atoms with van der Waals surface area (Å²) in [7, 11) is 0. The molecule has 1 amide bonds. The molecule has 1 unspecified atom stereocenters. The molecule has 0 bridgehead atoms. The Kier molecular flexibility index (Phi) is 4.81. The van der Waals surface area contributed by atoms with E-state index in [4.69, 9.17) is 5.73 Å². The second-order valence-corrected chi connectivity index (χ2v) is 5.72. The van der Waals surface area contributed by atoms with Crippen molar-refractivity contribution in [2.24, 2.45) is 11.1 Å². The molecule has 0 aliphatic heterocycles. The van der Waals surface area contributed by atoms with Gasteiger partial charge in [-0.15, -0.1) is 0 Å². The molecule has 0 fully saturated rings. The molecule has 1 rings (SSSR count). The number of benzene rings is 1. The Morgan fingerprint density at radius 1 is 1.25 bits per heavy atom. The Morgan fingerprint density at radius 2 is 1.80 bits per heavy atom. The van der Waals surface area contributed by atoms with E-state index in [9.17, 15) is 18.0 Å². The van der Waals surface area contributed by atoms with Crippen molar-refractivity contribution in [2.75, 3.05) is 0 Å². The summed E-state index contributed by atoms with van der Waals surface area (Å²) < 4.78 is 38.3. The van der Waals surface area contributed by atoms with Crippen molar-refractivity contribution in [3.8, 4) is 0 Å². The van der Waals surface area contributed by atoms with Gasteiger partial charge in [0, 0.05) is 6.54 Å². The van der Waals surface area contributed by atoms with Crippen molar-refractivity contribution < 1.29 is 18.0 Å². The number of nitrogens with two attached hydrogens (primary N) is 1. The van der Waals surface area contributed by atoms with Crippen LogP contribution in [0.4, 0.5) is 13.2 Å². The standard InChI is InChI=1S/C14H19F3N2O/c1-13(2,3)11(18)12(20)19-8-9-6-4-5-7-10(9)14(15,16)17/h4-7,11H,8,18H2,1-3H3,(H,19,20). The molecule has 0 saturated carbocycles. The molecule has 0 spiro atoms. The molecule has 6 heteroatoms. The molecule has 3 N–H and O–H groups in total. The van der Waals surface area contributed by atoms with Crippen LogP contribution >= 0.6 is 0 Å². The number of carbonyl (C=O) groups is 1. The fraction of sp³-hybridized carbons (Fsp3) is 0.500. The number of rotatable bonds is 3. The summed E-state index contributed by atoms with van der Waals surface area (Å²) in [5.74, 6) is -0.463. The molecule has 0 heterocycles. The summed E-state index contributed by atoms with van der Waals surface area (Å²) in [6, 6.07) is 4.37. The van der Waals surface area contributed by atoms with Gasteiger partial charge in [0.15, 0.2) is 0 Å². The fourth-order valence-corrected chi connectivity index (χ4v) is 1.64. The van der Waals surface area contributed by atoms with E-state index in [1.54, 1.807) is 20.8 Å². The van der Waals surface area contributed by atoms with Crippen LogP contribution in [0.5, 0.6) is 0 Å². The highest BCUT2D eigenvalue weighted by Gasteiger charge is 2.33. The smallest absolute Gasteiger partial charge is 0.351 e. The minimum absolute atomic E-state index is 0.0226. The number of amides is 1. The average Bonchev–Trinajstić information content (AvgIpc) is 2.33. The number of alkyl halides is 3. The van der Waals surface area contributed by atoms with Gasteiger partial charge in [-0.2, -0.15) is 13.2 Å². The van der Waals surface area contributed by atoms with Gasteiger partial charge in [-0.25, -0.2) is 0 Å². The van der Waals surface area contributed by atoms with Crippen molar-refractivity contribution in [3.63, 3.8) is 0 Å². The van der Waals surface area contributed by atoms with E-state index < -0.39 is 29.1 Å². The van der Waals surface area contributed by atoms with Crippen molar-refractivity contribution in [1.29, 1.82) is 0 Å². The Morgan fingerprint density at radius 3 is 2.30 bits per heavy atom. The lowest BCUT2D eigenvalue weighted by Crippen LogP contribution is -2.48. The van der Waals surface area contributed by atoms with Gasteiger partial charge in [0.1, 0.15) is 0 Å². The largest absolute Gasteiger partial charge is 0.416 e. The molecule has 0 radical (unpaired) electrons. The highest BCUT2D eigenvalue weighted by Crippen LogP contribution is 2.31. The van der Waals surface area contributed by atoms with Gasteiger partial charge < -0.3 is 11.1 Å². The van der Waals surface area contributed by atoms with Gasteiger partial charge in [-0.1, -0.05) is 39.0 Å². The minimum atomic E-state index is -4.44. The second-order valence-electron chi connectivity index (χ2n) is 5.72. The Bertz CT molecular complexity index is 478. The van der Waals surface area contributed by atoms with E-state index in [0.717, 1.165) is 6.07 Å². The van der Waals surface area contributed by atoms with Gasteiger partial charge in [0.2, 0.25) is 5.91 Å². The first-order valence-electron chi connectivity index (χ1n) is 6.22. The predicted octanol–water partition coefficient (Wildman–Crippen LogP) is 2.70. The summed E-state index contributed by atoms with van der Waals surface area (Å²) in [5, 5.41) is 2.45. The van der Waals surface area contributed by atoms with Gasteiger partial charge in [0.25, 0.3) is 0 Å². The number of carbonyl (C=O) groups excluding carboxylic acids is 1. The summed E-state index contributed by atoms with van der Waals surface area (Å²) in [4.78, 5) is 11.8. The summed E-state index contributed by atoms with van der Waals surface area (Å²) in [5.41, 5.74) is 4.57. The van der Waals surface area contributed by atoms with E-state index in [2.05, 4.69) is 5.32 Å². The first-order valence-corrected chi connectivity index (χ1v) is 6.22.